The van der Waals surface area contributed by atoms with Crippen LogP contribution in [-0.4, -0.2) is 11.8 Å². The van der Waals surface area contributed by atoms with Crippen molar-refractivity contribution in [2.24, 2.45) is 0 Å². The summed E-state index contributed by atoms with van der Waals surface area (Å²) in [5, 5.41) is 7.19. The van der Waals surface area contributed by atoms with Crippen LogP contribution in [0.25, 0.3) is 6.08 Å². The van der Waals surface area contributed by atoms with Crippen molar-refractivity contribution in [3.8, 4) is 0 Å². The number of anilines is 1. The fraction of sp³-hybridized carbons (Fsp3) is 0. The molecule has 126 valence electrons. The van der Waals surface area contributed by atoms with Gasteiger partial charge in [0.1, 0.15) is 11.5 Å². The van der Waals surface area contributed by atoms with Crippen molar-refractivity contribution in [3.05, 3.63) is 81.0 Å². The normalized spacial score (nSPS) is 11.2. The van der Waals surface area contributed by atoms with Gasteiger partial charge in [-0.2, -0.15) is 0 Å². The fourth-order valence-corrected chi connectivity index (χ4v) is 3.05. The molecule has 0 spiro atoms. The minimum absolute atomic E-state index is 0.0910. The zero-order valence-electron chi connectivity index (χ0n) is 12.9. The molecular formula is C18H13BrN2O3S. The highest BCUT2D eigenvalue weighted by molar-refractivity contribution is 9.10. The lowest BCUT2D eigenvalue weighted by molar-refractivity contribution is -0.113. The Balaban J connectivity index is 1.83. The van der Waals surface area contributed by atoms with E-state index in [-0.39, 0.29) is 11.6 Å². The van der Waals surface area contributed by atoms with Crippen molar-refractivity contribution in [1.82, 2.24) is 5.32 Å². The van der Waals surface area contributed by atoms with E-state index in [4.69, 9.17) is 4.42 Å². The van der Waals surface area contributed by atoms with Gasteiger partial charge in [0.2, 0.25) is 0 Å². The lowest BCUT2D eigenvalue weighted by atomic mass is 10.2. The first-order valence-corrected chi connectivity index (χ1v) is 8.96. The molecular weight excluding hydrogens is 404 g/mol. The van der Waals surface area contributed by atoms with E-state index in [0.717, 1.165) is 4.47 Å². The van der Waals surface area contributed by atoms with Gasteiger partial charge < -0.3 is 15.1 Å². The van der Waals surface area contributed by atoms with Crippen LogP contribution in [0, 0.1) is 0 Å². The first-order valence-electron chi connectivity index (χ1n) is 7.29. The molecule has 0 aliphatic heterocycles. The number of carbonyl (C=O) groups excluding carboxylic acids is 2. The van der Waals surface area contributed by atoms with Crippen LogP contribution in [0.1, 0.15) is 15.4 Å². The summed E-state index contributed by atoms with van der Waals surface area (Å²) in [6.45, 7) is 0. The maximum Gasteiger partial charge on any atom is 0.272 e. The van der Waals surface area contributed by atoms with E-state index in [1.54, 1.807) is 47.8 Å². The minimum Gasteiger partial charge on any atom is -0.465 e. The molecule has 7 heteroatoms. The molecule has 2 amide bonds. The second kappa shape index (κ2) is 7.96. The molecule has 25 heavy (non-hydrogen) atoms. The molecule has 3 rings (SSSR count). The number of halogens is 1. The summed E-state index contributed by atoms with van der Waals surface area (Å²) in [6.07, 6.45) is 2.98. The van der Waals surface area contributed by atoms with Gasteiger partial charge in [-0.05, 0) is 41.8 Å². The van der Waals surface area contributed by atoms with Gasteiger partial charge in [-0.25, -0.2) is 0 Å². The van der Waals surface area contributed by atoms with Gasteiger partial charge in [-0.3, -0.25) is 9.59 Å². The van der Waals surface area contributed by atoms with Crippen molar-refractivity contribution >= 4 is 50.8 Å². The second-order valence-corrected chi connectivity index (χ2v) is 6.83. The molecule has 0 radical (unpaired) electrons. The third-order valence-corrected chi connectivity index (χ3v) is 4.51. The Labute approximate surface area is 156 Å². The maximum absolute atomic E-state index is 12.6. The number of carbonyl (C=O) groups is 2. The largest absolute Gasteiger partial charge is 0.465 e. The molecule has 2 heterocycles. The lowest BCUT2D eigenvalue weighted by Gasteiger charge is -2.10. The SMILES string of the molecule is O=C(Nc1cccc(Br)c1)/C(=C/c1ccco1)NC(=O)c1cccs1. The Kier molecular flexibility index (Phi) is 5.47. The third-order valence-electron chi connectivity index (χ3n) is 3.15. The highest BCUT2D eigenvalue weighted by Gasteiger charge is 2.16. The summed E-state index contributed by atoms with van der Waals surface area (Å²) in [5.41, 5.74) is 0.698. The zero-order chi connectivity index (χ0) is 17.6. The van der Waals surface area contributed by atoms with Crippen molar-refractivity contribution in [2.75, 3.05) is 5.32 Å². The summed E-state index contributed by atoms with van der Waals surface area (Å²) in [6, 6.07) is 14.1. The van der Waals surface area contributed by atoms with Gasteiger partial charge >= 0.3 is 0 Å². The van der Waals surface area contributed by atoms with Gasteiger partial charge in [-0.15, -0.1) is 11.3 Å². The van der Waals surface area contributed by atoms with Gasteiger partial charge in [0.05, 0.1) is 11.1 Å². The maximum atomic E-state index is 12.6. The van der Waals surface area contributed by atoms with Crippen LogP contribution in [0.4, 0.5) is 5.69 Å². The van der Waals surface area contributed by atoms with Crippen molar-refractivity contribution in [1.29, 1.82) is 0 Å². The molecule has 3 aromatic rings. The Hall–Kier alpha value is -2.64. The number of furan rings is 1. The predicted molar refractivity (Wildman–Crippen MR) is 101 cm³/mol. The predicted octanol–water partition coefficient (Wildman–Crippen LogP) is 4.51. The standard InChI is InChI=1S/C18H13BrN2O3S/c19-12-4-1-5-13(10-12)20-17(22)15(11-14-6-2-8-24-14)21-18(23)16-7-3-9-25-16/h1-11H,(H,20,22)(H,21,23)/b15-11-. The Morgan fingerprint density at radius 3 is 2.68 bits per heavy atom. The summed E-state index contributed by atoms with van der Waals surface area (Å²) in [7, 11) is 0. The molecule has 0 aliphatic carbocycles. The summed E-state index contributed by atoms with van der Waals surface area (Å²) < 4.78 is 6.08. The first-order chi connectivity index (χ1) is 12.1. The van der Waals surface area contributed by atoms with E-state index in [2.05, 4.69) is 26.6 Å². The van der Waals surface area contributed by atoms with Crippen LogP contribution < -0.4 is 10.6 Å². The van der Waals surface area contributed by atoms with Crippen LogP contribution in [0.2, 0.25) is 0 Å². The zero-order valence-corrected chi connectivity index (χ0v) is 15.3. The van der Waals surface area contributed by atoms with Crippen LogP contribution in [0.15, 0.2) is 74.8 Å². The van der Waals surface area contributed by atoms with Gasteiger partial charge in [0.15, 0.2) is 0 Å². The number of amides is 2. The molecule has 2 aromatic heterocycles. The van der Waals surface area contributed by atoms with E-state index < -0.39 is 5.91 Å². The van der Waals surface area contributed by atoms with Crippen LogP contribution in [-0.2, 0) is 4.79 Å². The molecule has 0 unspecified atom stereocenters. The average molecular weight is 417 g/mol. The van der Waals surface area contributed by atoms with Gasteiger partial charge in [-0.1, -0.05) is 28.1 Å². The molecule has 0 bridgehead atoms. The van der Waals surface area contributed by atoms with E-state index in [1.165, 1.54) is 23.7 Å². The summed E-state index contributed by atoms with van der Waals surface area (Å²) in [4.78, 5) is 25.4. The van der Waals surface area contributed by atoms with Gasteiger partial charge in [0.25, 0.3) is 11.8 Å². The topological polar surface area (TPSA) is 71.3 Å². The van der Waals surface area contributed by atoms with Crippen LogP contribution in [0.3, 0.4) is 0 Å². The molecule has 0 atom stereocenters. The summed E-state index contributed by atoms with van der Waals surface area (Å²) in [5.74, 6) is -0.331. The molecule has 0 saturated carbocycles. The number of hydrogen-bond acceptors (Lipinski definition) is 4. The highest BCUT2D eigenvalue weighted by Crippen LogP contribution is 2.17. The smallest absolute Gasteiger partial charge is 0.272 e. The van der Waals surface area contributed by atoms with Crippen LogP contribution >= 0.6 is 27.3 Å². The quantitative estimate of drug-likeness (QED) is 0.600. The van der Waals surface area contributed by atoms with Crippen molar-refractivity contribution in [2.45, 2.75) is 0 Å². The Bertz CT molecular complexity index is 902. The van der Waals surface area contributed by atoms with E-state index in [1.807, 2.05) is 6.07 Å². The van der Waals surface area contributed by atoms with Gasteiger partial charge in [0, 0.05) is 16.2 Å². The average Bonchev–Trinajstić information content (AvgIpc) is 3.28. The molecule has 0 saturated heterocycles. The van der Waals surface area contributed by atoms with Crippen molar-refractivity contribution < 1.29 is 14.0 Å². The third kappa shape index (κ3) is 4.68. The Morgan fingerprint density at radius 2 is 2.00 bits per heavy atom. The number of hydrogen-bond donors (Lipinski definition) is 2. The Morgan fingerprint density at radius 1 is 1.12 bits per heavy atom. The number of nitrogens with one attached hydrogen (secondary N) is 2. The molecule has 0 aliphatic rings. The molecule has 2 N–H and O–H groups in total. The number of benzene rings is 1. The first kappa shape index (κ1) is 17.2. The molecule has 5 nitrogen and oxygen atoms in total. The summed E-state index contributed by atoms with van der Waals surface area (Å²) >= 11 is 4.65. The minimum atomic E-state index is -0.445. The number of rotatable bonds is 5. The second-order valence-electron chi connectivity index (χ2n) is 4.97. The van der Waals surface area contributed by atoms with E-state index >= 15 is 0 Å². The lowest BCUT2D eigenvalue weighted by Crippen LogP contribution is -2.30. The monoisotopic (exact) mass is 416 g/mol. The molecule has 0 fully saturated rings. The van der Waals surface area contributed by atoms with E-state index in [9.17, 15) is 9.59 Å². The van der Waals surface area contributed by atoms with Crippen molar-refractivity contribution in [3.63, 3.8) is 0 Å². The highest BCUT2D eigenvalue weighted by atomic mass is 79.9. The van der Waals surface area contributed by atoms with E-state index in [0.29, 0.717) is 16.3 Å². The number of thiophene rings is 1. The molecule has 1 aromatic carbocycles. The fourth-order valence-electron chi connectivity index (χ4n) is 2.03. The van der Waals surface area contributed by atoms with Crippen LogP contribution in [0.5, 0.6) is 0 Å².